The molecule has 1 aliphatic rings. The Balaban J connectivity index is 1.85. The van der Waals surface area contributed by atoms with E-state index in [9.17, 15) is 4.79 Å². The summed E-state index contributed by atoms with van der Waals surface area (Å²) in [5.74, 6) is 0.0673. The summed E-state index contributed by atoms with van der Waals surface area (Å²) in [4.78, 5) is 10.9. The molecule has 1 aromatic heterocycles. The molecule has 6 heteroatoms. The van der Waals surface area contributed by atoms with Crippen molar-refractivity contribution in [3.05, 3.63) is 17.5 Å². The first-order valence-corrected chi connectivity index (χ1v) is 7.07. The van der Waals surface area contributed by atoms with Crippen LogP contribution in [0.2, 0.25) is 0 Å². The Hall–Kier alpha value is -1.40. The van der Waals surface area contributed by atoms with E-state index in [4.69, 9.17) is 9.84 Å². The fourth-order valence-corrected chi connectivity index (χ4v) is 2.77. The standard InChI is InChI=1S/C14H23N3O3/c1-9(2)13-10(4-5-20-13)7-15-8-11-6-12(14(18)19)16-17(11)3/h6,9-10,13,15H,4-5,7-8H2,1-3H3,(H,18,19). The molecule has 20 heavy (non-hydrogen) atoms. The highest BCUT2D eigenvalue weighted by molar-refractivity contribution is 5.85. The Bertz CT molecular complexity index is 470. The van der Waals surface area contributed by atoms with Crippen LogP contribution >= 0.6 is 0 Å². The van der Waals surface area contributed by atoms with E-state index in [0.29, 0.717) is 24.5 Å². The van der Waals surface area contributed by atoms with Gasteiger partial charge in [0, 0.05) is 26.7 Å². The molecule has 6 nitrogen and oxygen atoms in total. The molecule has 1 fully saturated rings. The van der Waals surface area contributed by atoms with E-state index in [2.05, 4.69) is 24.3 Å². The number of aryl methyl sites for hydroxylation is 1. The predicted molar refractivity (Wildman–Crippen MR) is 74.6 cm³/mol. The number of aromatic nitrogens is 2. The second kappa shape index (κ2) is 6.37. The van der Waals surface area contributed by atoms with Gasteiger partial charge in [-0.3, -0.25) is 4.68 Å². The maximum atomic E-state index is 10.9. The molecule has 0 saturated carbocycles. The van der Waals surface area contributed by atoms with E-state index in [1.54, 1.807) is 17.8 Å². The van der Waals surface area contributed by atoms with Crippen molar-refractivity contribution in [3.63, 3.8) is 0 Å². The van der Waals surface area contributed by atoms with Gasteiger partial charge in [-0.2, -0.15) is 5.10 Å². The Morgan fingerprint density at radius 2 is 2.40 bits per heavy atom. The number of carboxylic acid groups (broad SMARTS) is 1. The highest BCUT2D eigenvalue weighted by Gasteiger charge is 2.30. The van der Waals surface area contributed by atoms with Crippen molar-refractivity contribution in [2.24, 2.45) is 18.9 Å². The fraction of sp³-hybridized carbons (Fsp3) is 0.714. The molecule has 1 aliphatic heterocycles. The number of carbonyl (C=O) groups is 1. The largest absolute Gasteiger partial charge is 0.476 e. The van der Waals surface area contributed by atoms with Crippen molar-refractivity contribution in [3.8, 4) is 0 Å². The molecule has 2 atom stereocenters. The maximum Gasteiger partial charge on any atom is 0.356 e. The van der Waals surface area contributed by atoms with Crippen LogP contribution in [0.25, 0.3) is 0 Å². The molecule has 0 spiro atoms. The van der Waals surface area contributed by atoms with Gasteiger partial charge in [-0.25, -0.2) is 4.79 Å². The summed E-state index contributed by atoms with van der Waals surface area (Å²) in [5.41, 5.74) is 0.968. The molecule has 0 radical (unpaired) electrons. The molecule has 0 bridgehead atoms. The van der Waals surface area contributed by atoms with Crippen LogP contribution in [0.4, 0.5) is 0 Å². The van der Waals surface area contributed by atoms with Crippen LogP contribution in [0.5, 0.6) is 0 Å². The van der Waals surface area contributed by atoms with Gasteiger partial charge in [0.05, 0.1) is 11.8 Å². The zero-order chi connectivity index (χ0) is 14.7. The van der Waals surface area contributed by atoms with Crippen LogP contribution in [0.15, 0.2) is 6.07 Å². The molecular formula is C14H23N3O3. The lowest BCUT2D eigenvalue weighted by Gasteiger charge is -2.22. The first kappa shape index (κ1) is 15.0. The molecule has 0 amide bonds. The smallest absolute Gasteiger partial charge is 0.356 e. The van der Waals surface area contributed by atoms with Gasteiger partial charge in [-0.1, -0.05) is 13.8 Å². The van der Waals surface area contributed by atoms with Crippen LogP contribution < -0.4 is 5.32 Å². The van der Waals surface area contributed by atoms with Crippen LogP contribution in [0, 0.1) is 11.8 Å². The molecule has 2 heterocycles. The van der Waals surface area contributed by atoms with E-state index < -0.39 is 5.97 Å². The van der Waals surface area contributed by atoms with E-state index in [-0.39, 0.29) is 5.69 Å². The van der Waals surface area contributed by atoms with Gasteiger partial charge in [0.1, 0.15) is 0 Å². The number of hydrogen-bond acceptors (Lipinski definition) is 4. The SMILES string of the molecule is CC(C)C1OCCC1CNCc1cc(C(=O)O)nn1C. The molecule has 2 unspecified atom stereocenters. The van der Waals surface area contributed by atoms with Crippen molar-refractivity contribution in [2.75, 3.05) is 13.2 Å². The van der Waals surface area contributed by atoms with Crippen LogP contribution in [-0.4, -0.2) is 40.1 Å². The average Bonchev–Trinajstić information content (AvgIpc) is 2.97. The maximum absolute atomic E-state index is 10.9. The average molecular weight is 281 g/mol. The Kier molecular flexibility index (Phi) is 4.77. The quantitative estimate of drug-likeness (QED) is 0.821. The third-order valence-corrected chi connectivity index (χ3v) is 3.83. The second-order valence-electron chi connectivity index (χ2n) is 5.71. The third-order valence-electron chi connectivity index (χ3n) is 3.83. The molecular weight excluding hydrogens is 258 g/mol. The number of aromatic carboxylic acids is 1. The number of nitrogens with one attached hydrogen (secondary N) is 1. The lowest BCUT2D eigenvalue weighted by molar-refractivity contribution is 0.0539. The minimum Gasteiger partial charge on any atom is -0.476 e. The Morgan fingerprint density at radius 1 is 1.65 bits per heavy atom. The Morgan fingerprint density at radius 3 is 3.00 bits per heavy atom. The number of rotatable bonds is 6. The van der Waals surface area contributed by atoms with E-state index >= 15 is 0 Å². The van der Waals surface area contributed by atoms with Gasteiger partial charge < -0.3 is 15.2 Å². The molecule has 0 aliphatic carbocycles. The summed E-state index contributed by atoms with van der Waals surface area (Å²) < 4.78 is 7.37. The highest BCUT2D eigenvalue weighted by Crippen LogP contribution is 2.26. The first-order valence-electron chi connectivity index (χ1n) is 7.07. The van der Waals surface area contributed by atoms with E-state index in [1.165, 1.54) is 0 Å². The molecule has 112 valence electrons. The number of hydrogen-bond donors (Lipinski definition) is 2. The topological polar surface area (TPSA) is 76.4 Å². The van der Waals surface area contributed by atoms with Gasteiger partial charge in [0.15, 0.2) is 5.69 Å². The minimum absolute atomic E-state index is 0.0913. The summed E-state index contributed by atoms with van der Waals surface area (Å²) in [6.07, 6.45) is 1.41. The third kappa shape index (κ3) is 3.37. The fourth-order valence-electron chi connectivity index (χ4n) is 2.77. The molecule has 2 rings (SSSR count). The van der Waals surface area contributed by atoms with Crippen molar-refractivity contribution in [1.82, 2.24) is 15.1 Å². The summed E-state index contributed by atoms with van der Waals surface area (Å²) in [7, 11) is 1.76. The van der Waals surface area contributed by atoms with Crippen molar-refractivity contribution >= 4 is 5.97 Å². The molecule has 1 saturated heterocycles. The number of ether oxygens (including phenoxy) is 1. The van der Waals surface area contributed by atoms with E-state index in [1.807, 2.05) is 0 Å². The summed E-state index contributed by atoms with van der Waals surface area (Å²) in [5, 5.41) is 16.2. The summed E-state index contributed by atoms with van der Waals surface area (Å²) in [6.45, 7) is 6.71. The second-order valence-corrected chi connectivity index (χ2v) is 5.71. The van der Waals surface area contributed by atoms with Gasteiger partial charge in [0.2, 0.25) is 0 Å². The van der Waals surface area contributed by atoms with Crippen molar-refractivity contribution < 1.29 is 14.6 Å². The number of nitrogens with zero attached hydrogens (tertiary/aromatic N) is 2. The Labute approximate surface area is 119 Å². The summed E-state index contributed by atoms with van der Waals surface area (Å²) in [6, 6.07) is 1.61. The lowest BCUT2D eigenvalue weighted by Crippen LogP contribution is -2.31. The van der Waals surface area contributed by atoms with Crippen LogP contribution in [0.3, 0.4) is 0 Å². The normalized spacial score (nSPS) is 22.6. The number of carboxylic acids is 1. The predicted octanol–water partition coefficient (Wildman–Crippen LogP) is 1.27. The first-order chi connectivity index (χ1) is 9.49. The highest BCUT2D eigenvalue weighted by atomic mass is 16.5. The van der Waals surface area contributed by atoms with Gasteiger partial charge in [-0.05, 0) is 24.3 Å². The van der Waals surface area contributed by atoms with Crippen LogP contribution in [-0.2, 0) is 18.3 Å². The van der Waals surface area contributed by atoms with Gasteiger partial charge in [-0.15, -0.1) is 0 Å². The lowest BCUT2D eigenvalue weighted by atomic mass is 9.93. The van der Waals surface area contributed by atoms with E-state index in [0.717, 1.165) is 25.3 Å². The molecule has 0 aromatic carbocycles. The van der Waals surface area contributed by atoms with Crippen LogP contribution in [0.1, 0.15) is 36.5 Å². The van der Waals surface area contributed by atoms with Crippen molar-refractivity contribution in [2.45, 2.75) is 32.9 Å². The summed E-state index contributed by atoms with van der Waals surface area (Å²) >= 11 is 0. The molecule has 1 aromatic rings. The van der Waals surface area contributed by atoms with Gasteiger partial charge >= 0.3 is 5.97 Å². The molecule has 2 N–H and O–H groups in total. The van der Waals surface area contributed by atoms with Crippen molar-refractivity contribution in [1.29, 1.82) is 0 Å². The zero-order valence-corrected chi connectivity index (χ0v) is 12.3. The zero-order valence-electron chi connectivity index (χ0n) is 12.3. The minimum atomic E-state index is -0.990. The monoisotopic (exact) mass is 281 g/mol. The van der Waals surface area contributed by atoms with Gasteiger partial charge in [0.25, 0.3) is 0 Å².